The first-order valence-electron chi connectivity index (χ1n) is 10.5. The minimum Gasteiger partial charge on any atom is -0.486 e. The Morgan fingerprint density at radius 2 is 1.54 bits per heavy atom. The molecule has 4 amide bonds. The molecule has 3 aromatic carbocycles. The fraction of sp³-hybridized carbons (Fsp3) is 0.115. The molecule has 3 aromatic rings. The van der Waals surface area contributed by atoms with E-state index >= 15 is 0 Å². The highest BCUT2D eigenvalue weighted by Gasteiger charge is 2.37. The molecule has 0 unspecified atom stereocenters. The molecule has 0 radical (unpaired) electrons. The van der Waals surface area contributed by atoms with Crippen molar-refractivity contribution in [2.75, 3.05) is 4.90 Å². The van der Waals surface area contributed by atoms with Crippen LogP contribution in [0.3, 0.4) is 0 Å². The Kier molecular flexibility index (Phi) is 7.49. The van der Waals surface area contributed by atoms with Gasteiger partial charge in [0.25, 0.3) is 11.8 Å². The lowest BCUT2D eigenvalue weighted by Gasteiger charge is -2.27. The average Bonchev–Trinajstić information content (AvgIpc) is 2.76. The number of imide groups is 2. The van der Waals surface area contributed by atoms with Crippen molar-refractivity contribution in [1.29, 1.82) is 0 Å². The van der Waals surface area contributed by atoms with Crippen LogP contribution in [0, 0.1) is 17.4 Å². The molecule has 4 rings (SSSR count). The second-order valence-corrected chi connectivity index (χ2v) is 10.1. The molecule has 1 aliphatic heterocycles. The van der Waals surface area contributed by atoms with Crippen molar-refractivity contribution < 1.29 is 19.1 Å². The van der Waals surface area contributed by atoms with Crippen molar-refractivity contribution in [1.82, 2.24) is 5.32 Å². The number of anilines is 1. The highest BCUT2D eigenvalue weighted by atomic mass is 127. The van der Waals surface area contributed by atoms with E-state index in [4.69, 9.17) is 27.9 Å². The topological polar surface area (TPSA) is 75.7 Å². The number of halogens is 3. The van der Waals surface area contributed by atoms with Crippen molar-refractivity contribution >= 4 is 75.4 Å². The standard InChI is InChI=1S/C26H19Cl2IN2O4/c1-14-7-15(2)9-19(8-14)31-25(33)20(24(32)30-26(31)34)10-17-11-21(27)23(22(28)12-17)35-13-16-3-5-18(29)6-4-16/h3-12H,13H2,1-2H3,(H,30,32,34)/b20-10+. The number of carbonyl (C=O) groups excluding carboxylic acids is 3. The minimum absolute atomic E-state index is 0.219. The first kappa shape index (κ1) is 25.2. The number of nitrogens with one attached hydrogen (secondary N) is 1. The maximum atomic E-state index is 13.2. The molecule has 1 fully saturated rings. The lowest BCUT2D eigenvalue weighted by molar-refractivity contribution is -0.122. The number of carbonyl (C=O) groups is 3. The zero-order chi connectivity index (χ0) is 25.3. The summed E-state index contributed by atoms with van der Waals surface area (Å²) in [5.41, 5.74) is 3.27. The third kappa shape index (κ3) is 5.69. The van der Waals surface area contributed by atoms with Crippen LogP contribution in [0.5, 0.6) is 5.75 Å². The van der Waals surface area contributed by atoms with Gasteiger partial charge in [-0.05, 0) is 101 Å². The molecule has 0 saturated carbocycles. The van der Waals surface area contributed by atoms with Crippen LogP contribution in [-0.4, -0.2) is 17.8 Å². The fourth-order valence-electron chi connectivity index (χ4n) is 3.68. The van der Waals surface area contributed by atoms with E-state index in [2.05, 4.69) is 27.9 Å². The molecule has 9 heteroatoms. The lowest BCUT2D eigenvalue weighted by Crippen LogP contribution is -2.54. The van der Waals surface area contributed by atoms with Crippen LogP contribution in [0.1, 0.15) is 22.3 Å². The molecule has 1 N–H and O–H groups in total. The average molecular weight is 621 g/mol. The van der Waals surface area contributed by atoms with Crippen molar-refractivity contribution in [2.45, 2.75) is 20.5 Å². The minimum atomic E-state index is -0.808. The van der Waals surface area contributed by atoms with Crippen LogP contribution in [0.4, 0.5) is 10.5 Å². The van der Waals surface area contributed by atoms with Crippen LogP contribution in [-0.2, 0) is 16.2 Å². The highest BCUT2D eigenvalue weighted by Crippen LogP contribution is 2.36. The quantitative estimate of drug-likeness (QED) is 0.202. The second kappa shape index (κ2) is 10.4. The van der Waals surface area contributed by atoms with Gasteiger partial charge in [-0.2, -0.15) is 0 Å². The van der Waals surface area contributed by atoms with Gasteiger partial charge in [-0.3, -0.25) is 14.9 Å². The zero-order valence-electron chi connectivity index (χ0n) is 18.7. The van der Waals surface area contributed by atoms with Crippen LogP contribution in [0.15, 0.2) is 60.2 Å². The smallest absolute Gasteiger partial charge is 0.335 e. The summed E-state index contributed by atoms with van der Waals surface area (Å²) in [7, 11) is 0. The predicted molar refractivity (Wildman–Crippen MR) is 145 cm³/mol. The van der Waals surface area contributed by atoms with Gasteiger partial charge in [-0.25, -0.2) is 9.69 Å². The summed E-state index contributed by atoms with van der Waals surface area (Å²) in [6.07, 6.45) is 1.35. The SMILES string of the molecule is Cc1cc(C)cc(N2C(=O)NC(=O)/C(=C\c3cc(Cl)c(OCc4ccc(I)cc4)c(Cl)c3)C2=O)c1. The first-order chi connectivity index (χ1) is 16.6. The van der Waals surface area contributed by atoms with Gasteiger partial charge >= 0.3 is 6.03 Å². The van der Waals surface area contributed by atoms with E-state index in [9.17, 15) is 14.4 Å². The number of urea groups is 1. The van der Waals surface area contributed by atoms with Crippen molar-refractivity contribution in [3.8, 4) is 5.75 Å². The van der Waals surface area contributed by atoms with Gasteiger partial charge in [0.15, 0.2) is 5.75 Å². The summed E-state index contributed by atoms with van der Waals surface area (Å²) in [5, 5.41) is 2.66. The zero-order valence-corrected chi connectivity index (χ0v) is 22.4. The summed E-state index contributed by atoms with van der Waals surface area (Å²) in [6.45, 7) is 3.98. The lowest BCUT2D eigenvalue weighted by atomic mass is 10.1. The maximum absolute atomic E-state index is 13.2. The molecule has 1 heterocycles. The summed E-state index contributed by atoms with van der Waals surface area (Å²) in [6, 6.07) is 15.4. The number of nitrogens with zero attached hydrogens (tertiary/aromatic N) is 1. The third-order valence-electron chi connectivity index (χ3n) is 5.19. The Labute approximate surface area is 226 Å². The van der Waals surface area contributed by atoms with E-state index in [-0.39, 0.29) is 22.2 Å². The van der Waals surface area contributed by atoms with E-state index in [1.807, 2.05) is 44.2 Å². The molecule has 178 valence electrons. The summed E-state index contributed by atoms with van der Waals surface area (Å²) < 4.78 is 6.92. The number of aryl methyl sites for hydroxylation is 2. The second-order valence-electron chi connectivity index (χ2n) is 8.03. The van der Waals surface area contributed by atoms with Crippen LogP contribution >= 0.6 is 45.8 Å². The van der Waals surface area contributed by atoms with E-state index in [0.29, 0.717) is 17.0 Å². The summed E-state index contributed by atoms with van der Waals surface area (Å²) >= 11 is 15.0. The van der Waals surface area contributed by atoms with Gasteiger partial charge < -0.3 is 4.74 Å². The molecule has 1 saturated heterocycles. The monoisotopic (exact) mass is 620 g/mol. The Bertz CT molecular complexity index is 1340. The number of amides is 4. The number of barbiturate groups is 1. The maximum Gasteiger partial charge on any atom is 0.335 e. The molecule has 6 nitrogen and oxygen atoms in total. The molecule has 1 aliphatic rings. The summed E-state index contributed by atoms with van der Waals surface area (Å²) in [4.78, 5) is 39.1. The Morgan fingerprint density at radius 1 is 0.943 bits per heavy atom. The summed E-state index contributed by atoms with van der Waals surface area (Å²) in [5.74, 6) is -1.25. The van der Waals surface area contributed by atoms with Crippen LogP contribution in [0.25, 0.3) is 6.08 Å². The number of ether oxygens (including phenoxy) is 1. The predicted octanol–water partition coefficient (Wildman–Crippen LogP) is 6.46. The largest absolute Gasteiger partial charge is 0.486 e. The fourth-order valence-corrected chi connectivity index (χ4v) is 4.65. The van der Waals surface area contributed by atoms with E-state index in [0.717, 1.165) is 25.2 Å². The number of benzene rings is 3. The van der Waals surface area contributed by atoms with Crippen molar-refractivity contribution in [3.63, 3.8) is 0 Å². The van der Waals surface area contributed by atoms with Gasteiger partial charge in [-0.1, -0.05) is 41.4 Å². The van der Waals surface area contributed by atoms with Gasteiger partial charge in [0.2, 0.25) is 0 Å². The van der Waals surface area contributed by atoms with E-state index in [1.54, 1.807) is 24.3 Å². The molecule has 35 heavy (non-hydrogen) atoms. The first-order valence-corrected chi connectivity index (χ1v) is 12.3. The van der Waals surface area contributed by atoms with Crippen molar-refractivity contribution in [2.24, 2.45) is 0 Å². The van der Waals surface area contributed by atoms with E-state index < -0.39 is 17.8 Å². The Morgan fingerprint density at radius 3 is 2.14 bits per heavy atom. The molecule has 0 aliphatic carbocycles. The normalized spacial score (nSPS) is 14.9. The number of hydrogen-bond donors (Lipinski definition) is 1. The van der Waals surface area contributed by atoms with Gasteiger partial charge in [-0.15, -0.1) is 0 Å². The van der Waals surface area contributed by atoms with Gasteiger partial charge in [0.1, 0.15) is 12.2 Å². The van der Waals surface area contributed by atoms with Crippen LogP contribution in [0.2, 0.25) is 10.0 Å². The van der Waals surface area contributed by atoms with Crippen molar-refractivity contribution in [3.05, 3.63) is 96.0 Å². The van der Waals surface area contributed by atoms with E-state index in [1.165, 1.54) is 6.08 Å². The molecule has 0 aromatic heterocycles. The number of hydrogen-bond acceptors (Lipinski definition) is 4. The molecular formula is C26H19Cl2IN2O4. The Balaban J connectivity index is 1.62. The third-order valence-corrected chi connectivity index (χ3v) is 6.48. The Hall–Kier alpha value is -2.88. The molecular weight excluding hydrogens is 602 g/mol. The highest BCUT2D eigenvalue weighted by molar-refractivity contribution is 14.1. The van der Waals surface area contributed by atoms with Crippen LogP contribution < -0.4 is 15.0 Å². The van der Waals surface area contributed by atoms with Gasteiger partial charge in [0.05, 0.1) is 15.7 Å². The molecule has 0 bridgehead atoms. The van der Waals surface area contributed by atoms with Gasteiger partial charge in [0, 0.05) is 3.57 Å². The molecule has 0 atom stereocenters. The number of rotatable bonds is 5. The molecule has 0 spiro atoms.